The molecule has 0 amide bonds. The first kappa shape index (κ1) is 9.34. The van der Waals surface area contributed by atoms with Crippen molar-refractivity contribution >= 4 is 6.29 Å². The first-order valence-corrected chi connectivity index (χ1v) is 4.91. The second kappa shape index (κ2) is 3.88. The summed E-state index contributed by atoms with van der Waals surface area (Å²) in [6.07, 6.45) is 4.51. The highest BCUT2D eigenvalue weighted by atomic mass is 16.3. The van der Waals surface area contributed by atoms with Gasteiger partial charge in [-0.25, -0.2) is 0 Å². The van der Waals surface area contributed by atoms with Crippen molar-refractivity contribution in [1.29, 1.82) is 0 Å². The van der Waals surface area contributed by atoms with Crippen LogP contribution in [-0.4, -0.2) is 16.4 Å². The van der Waals surface area contributed by atoms with Crippen LogP contribution in [0.5, 0.6) is 0 Å². The van der Waals surface area contributed by atoms with Gasteiger partial charge in [0.2, 0.25) is 0 Å². The molecule has 74 valence electrons. The highest BCUT2D eigenvalue weighted by molar-refractivity contribution is 5.63. The number of rotatable bonds is 1. The van der Waals surface area contributed by atoms with Crippen LogP contribution in [0.25, 0.3) is 0 Å². The van der Waals surface area contributed by atoms with E-state index in [0.717, 1.165) is 24.7 Å². The largest absolute Gasteiger partial charge is 0.387 e. The molecule has 14 heavy (non-hydrogen) atoms. The maximum atomic E-state index is 10.9. The lowest BCUT2D eigenvalue weighted by Crippen LogP contribution is -2.05. The lowest BCUT2D eigenvalue weighted by Gasteiger charge is -2.11. The second-order valence-electron chi connectivity index (χ2n) is 3.67. The smallest absolute Gasteiger partial charge is 0.127 e. The third-order valence-electron chi connectivity index (χ3n) is 2.74. The van der Waals surface area contributed by atoms with E-state index in [1.165, 1.54) is 0 Å². The van der Waals surface area contributed by atoms with Crippen LogP contribution in [0, 0.1) is 0 Å². The SMILES string of the molecule is O=CC1CCC[C@H](O)c2ncccc21. The standard InChI is InChI=1S/C11H13NO2/c13-7-8-3-1-5-10(14)11-9(8)4-2-6-12-11/h2,4,6-8,10,14H,1,3,5H2/t8?,10-/m0/s1. The molecular formula is C11H13NO2. The van der Waals surface area contributed by atoms with E-state index < -0.39 is 6.10 Å². The molecule has 3 nitrogen and oxygen atoms in total. The van der Waals surface area contributed by atoms with E-state index in [9.17, 15) is 9.90 Å². The van der Waals surface area contributed by atoms with Crippen LogP contribution in [0.1, 0.15) is 42.5 Å². The number of hydrogen-bond donors (Lipinski definition) is 1. The summed E-state index contributed by atoms with van der Waals surface area (Å²) in [6, 6.07) is 3.70. The van der Waals surface area contributed by atoms with Crippen molar-refractivity contribution in [3.63, 3.8) is 0 Å². The fourth-order valence-electron chi connectivity index (χ4n) is 1.99. The van der Waals surface area contributed by atoms with Gasteiger partial charge in [0.15, 0.2) is 0 Å². The van der Waals surface area contributed by atoms with Crippen molar-refractivity contribution in [2.45, 2.75) is 31.3 Å². The molecule has 1 aromatic rings. The van der Waals surface area contributed by atoms with Crippen LogP contribution >= 0.6 is 0 Å². The monoisotopic (exact) mass is 191 g/mol. The maximum Gasteiger partial charge on any atom is 0.127 e. The van der Waals surface area contributed by atoms with E-state index in [-0.39, 0.29) is 5.92 Å². The number of aldehydes is 1. The van der Waals surface area contributed by atoms with Gasteiger partial charge in [0, 0.05) is 12.1 Å². The van der Waals surface area contributed by atoms with Crippen LogP contribution in [0.2, 0.25) is 0 Å². The van der Waals surface area contributed by atoms with Crippen LogP contribution in [0.15, 0.2) is 18.3 Å². The number of aliphatic hydroxyl groups excluding tert-OH is 1. The summed E-state index contributed by atoms with van der Waals surface area (Å²) in [5.41, 5.74) is 1.58. The van der Waals surface area contributed by atoms with Crippen LogP contribution in [0.3, 0.4) is 0 Å². The Balaban J connectivity index is 2.46. The average molecular weight is 191 g/mol. The molecule has 0 spiro atoms. The van der Waals surface area contributed by atoms with E-state index in [4.69, 9.17) is 0 Å². The number of hydrogen-bond acceptors (Lipinski definition) is 3. The highest BCUT2D eigenvalue weighted by Gasteiger charge is 2.23. The predicted octanol–water partition coefficient (Wildman–Crippen LogP) is 1.58. The number of pyridine rings is 1. The minimum absolute atomic E-state index is 0.0872. The van der Waals surface area contributed by atoms with Gasteiger partial charge in [-0.3, -0.25) is 4.98 Å². The van der Waals surface area contributed by atoms with E-state index in [1.807, 2.05) is 12.1 Å². The van der Waals surface area contributed by atoms with Gasteiger partial charge in [-0.2, -0.15) is 0 Å². The zero-order valence-electron chi connectivity index (χ0n) is 7.89. The molecule has 3 heteroatoms. The van der Waals surface area contributed by atoms with Gasteiger partial charge in [0.05, 0.1) is 11.8 Å². The van der Waals surface area contributed by atoms with E-state index >= 15 is 0 Å². The van der Waals surface area contributed by atoms with Crippen molar-refractivity contribution in [2.75, 3.05) is 0 Å². The Labute approximate surface area is 82.8 Å². The third kappa shape index (κ3) is 1.55. The topological polar surface area (TPSA) is 50.2 Å². The molecule has 2 rings (SSSR count). The van der Waals surface area contributed by atoms with E-state index in [0.29, 0.717) is 12.1 Å². The second-order valence-corrected chi connectivity index (χ2v) is 3.67. The summed E-state index contributed by atoms with van der Waals surface area (Å²) in [5.74, 6) is -0.0872. The molecule has 0 fully saturated rings. The Hall–Kier alpha value is -1.22. The van der Waals surface area contributed by atoms with Crippen molar-refractivity contribution in [3.05, 3.63) is 29.6 Å². The van der Waals surface area contributed by atoms with E-state index in [1.54, 1.807) is 6.20 Å². The molecule has 0 saturated carbocycles. The van der Waals surface area contributed by atoms with E-state index in [2.05, 4.69) is 4.98 Å². The van der Waals surface area contributed by atoms with Crippen molar-refractivity contribution in [2.24, 2.45) is 0 Å². The fourth-order valence-corrected chi connectivity index (χ4v) is 1.99. The predicted molar refractivity (Wildman–Crippen MR) is 51.9 cm³/mol. The summed E-state index contributed by atoms with van der Waals surface area (Å²) >= 11 is 0. The molecule has 0 bridgehead atoms. The Morgan fingerprint density at radius 2 is 2.36 bits per heavy atom. The van der Waals surface area contributed by atoms with Gasteiger partial charge >= 0.3 is 0 Å². The van der Waals surface area contributed by atoms with Crippen LogP contribution < -0.4 is 0 Å². The zero-order valence-corrected chi connectivity index (χ0v) is 7.89. The number of fused-ring (bicyclic) bond motifs is 1. The number of carbonyl (C=O) groups excluding carboxylic acids is 1. The number of nitrogens with zero attached hydrogens (tertiary/aromatic N) is 1. The lowest BCUT2D eigenvalue weighted by atomic mass is 9.97. The van der Waals surface area contributed by atoms with Crippen molar-refractivity contribution < 1.29 is 9.90 Å². The van der Waals surface area contributed by atoms with Crippen molar-refractivity contribution in [3.8, 4) is 0 Å². The minimum Gasteiger partial charge on any atom is -0.387 e. The summed E-state index contributed by atoms with van der Waals surface area (Å²) in [4.78, 5) is 15.0. The molecule has 0 saturated heterocycles. The quantitative estimate of drug-likeness (QED) is 0.541. The fraction of sp³-hybridized carbons (Fsp3) is 0.455. The Morgan fingerprint density at radius 3 is 3.14 bits per heavy atom. The molecule has 0 aromatic carbocycles. The molecule has 1 aliphatic rings. The number of aliphatic hydroxyl groups is 1. The first-order valence-electron chi connectivity index (χ1n) is 4.91. The molecule has 2 atom stereocenters. The van der Waals surface area contributed by atoms with Crippen LogP contribution in [0.4, 0.5) is 0 Å². The van der Waals surface area contributed by atoms with Crippen LogP contribution in [-0.2, 0) is 4.79 Å². The Morgan fingerprint density at radius 1 is 1.50 bits per heavy atom. The highest BCUT2D eigenvalue weighted by Crippen LogP contribution is 2.32. The summed E-state index contributed by atoms with van der Waals surface area (Å²) in [5, 5.41) is 9.78. The third-order valence-corrected chi connectivity index (χ3v) is 2.74. The number of aromatic nitrogens is 1. The lowest BCUT2D eigenvalue weighted by molar-refractivity contribution is -0.109. The van der Waals surface area contributed by atoms with Gasteiger partial charge in [-0.1, -0.05) is 6.07 Å². The molecule has 1 aromatic heterocycles. The minimum atomic E-state index is -0.504. The maximum absolute atomic E-state index is 10.9. The Kier molecular flexibility index (Phi) is 2.59. The summed E-state index contributed by atoms with van der Waals surface area (Å²) < 4.78 is 0. The summed E-state index contributed by atoms with van der Waals surface area (Å²) in [7, 11) is 0. The molecular weight excluding hydrogens is 178 g/mol. The normalized spacial score (nSPS) is 26.4. The molecule has 1 unspecified atom stereocenters. The van der Waals surface area contributed by atoms with Gasteiger partial charge < -0.3 is 9.90 Å². The van der Waals surface area contributed by atoms with Gasteiger partial charge in [-0.05, 0) is 30.9 Å². The average Bonchev–Trinajstić information content (AvgIpc) is 2.39. The van der Waals surface area contributed by atoms with Gasteiger partial charge in [0.25, 0.3) is 0 Å². The molecule has 0 radical (unpaired) electrons. The first-order chi connectivity index (χ1) is 6.83. The molecule has 1 N–H and O–H groups in total. The van der Waals surface area contributed by atoms with Gasteiger partial charge in [0.1, 0.15) is 6.29 Å². The number of carbonyl (C=O) groups is 1. The molecule has 1 aliphatic carbocycles. The molecule has 1 heterocycles. The summed E-state index contributed by atoms with van der Waals surface area (Å²) in [6.45, 7) is 0. The van der Waals surface area contributed by atoms with Crippen molar-refractivity contribution in [1.82, 2.24) is 4.98 Å². The zero-order chi connectivity index (χ0) is 9.97. The molecule has 0 aliphatic heterocycles. The van der Waals surface area contributed by atoms with Gasteiger partial charge in [-0.15, -0.1) is 0 Å². The Bertz CT molecular complexity index is 338.